The molecule has 1 heterocycles. The molecule has 1 aromatic carbocycles. The predicted octanol–water partition coefficient (Wildman–Crippen LogP) is 4.15. The van der Waals surface area contributed by atoms with Gasteiger partial charge < -0.3 is 5.73 Å². The minimum absolute atomic E-state index is 0.658. The first-order chi connectivity index (χ1) is 8.70. The first-order valence-corrected chi connectivity index (χ1v) is 7.46. The average molecular weight is 344 g/mol. The number of hydrogen-bond donors (Lipinski definition) is 1. The van der Waals surface area contributed by atoms with Crippen molar-refractivity contribution in [1.29, 1.82) is 0 Å². The number of rotatable bonds is 4. The van der Waals surface area contributed by atoms with Crippen molar-refractivity contribution in [3.8, 4) is 0 Å². The van der Waals surface area contributed by atoms with E-state index in [4.69, 9.17) is 17.3 Å². The molecule has 2 rings (SSSR count). The van der Waals surface area contributed by atoms with E-state index in [1.165, 1.54) is 5.56 Å². The molecule has 0 aliphatic carbocycles. The van der Waals surface area contributed by atoms with Crippen LogP contribution in [0.15, 0.2) is 50.9 Å². The van der Waals surface area contributed by atoms with Crippen LogP contribution in [0.5, 0.6) is 0 Å². The number of halogens is 2. The maximum atomic E-state index is 6.09. The van der Waals surface area contributed by atoms with Crippen LogP contribution in [0, 0.1) is 0 Å². The fraction of sp³-hybridized carbons (Fsp3) is 0.154. The van der Waals surface area contributed by atoms with Crippen molar-refractivity contribution in [3.05, 3.63) is 51.6 Å². The first kappa shape index (κ1) is 13.9. The van der Waals surface area contributed by atoms with Gasteiger partial charge in [-0.15, -0.1) is 0 Å². The maximum Gasteiger partial charge on any atom is 0.119 e. The SMILES string of the molecule is NCCc1ccc(Sc2ncccc2Cl)c(Br)c1. The van der Waals surface area contributed by atoms with Crippen LogP contribution in [0.2, 0.25) is 5.02 Å². The quantitative estimate of drug-likeness (QED) is 0.906. The Hall–Kier alpha value is -0.550. The summed E-state index contributed by atoms with van der Waals surface area (Å²) < 4.78 is 1.04. The predicted molar refractivity (Wildman–Crippen MR) is 80.3 cm³/mol. The molecule has 2 N–H and O–H groups in total. The first-order valence-electron chi connectivity index (χ1n) is 5.47. The second kappa shape index (κ2) is 6.57. The van der Waals surface area contributed by atoms with Crippen LogP contribution in [-0.2, 0) is 6.42 Å². The van der Waals surface area contributed by atoms with E-state index >= 15 is 0 Å². The average Bonchev–Trinajstić information content (AvgIpc) is 2.35. The molecule has 0 saturated heterocycles. The Kier molecular flexibility index (Phi) is 5.06. The van der Waals surface area contributed by atoms with Crippen LogP contribution in [0.1, 0.15) is 5.56 Å². The number of benzene rings is 1. The minimum Gasteiger partial charge on any atom is -0.330 e. The van der Waals surface area contributed by atoms with E-state index in [2.05, 4.69) is 39.1 Å². The van der Waals surface area contributed by atoms with Crippen LogP contribution in [0.25, 0.3) is 0 Å². The Bertz CT molecular complexity index is 548. The van der Waals surface area contributed by atoms with Crippen LogP contribution >= 0.6 is 39.3 Å². The zero-order valence-electron chi connectivity index (χ0n) is 9.57. The topological polar surface area (TPSA) is 38.9 Å². The van der Waals surface area contributed by atoms with Gasteiger partial charge in [0.2, 0.25) is 0 Å². The number of nitrogens with zero attached hydrogens (tertiary/aromatic N) is 1. The van der Waals surface area contributed by atoms with Gasteiger partial charge in [0.1, 0.15) is 5.03 Å². The molecular weight excluding hydrogens is 332 g/mol. The summed E-state index contributed by atoms with van der Waals surface area (Å²) in [7, 11) is 0. The smallest absolute Gasteiger partial charge is 0.119 e. The third kappa shape index (κ3) is 3.48. The van der Waals surface area contributed by atoms with Gasteiger partial charge in [0, 0.05) is 15.6 Å². The summed E-state index contributed by atoms with van der Waals surface area (Å²) in [6.07, 6.45) is 2.62. The van der Waals surface area contributed by atoms with E-state index in [9.17, 15) is 0 Å². The maximum absolute atomic E-state index is 6.09. The fourth-order valence-electron chi connectivity index (χ4n) is 1.50. The second-order valence-electron chi connectivity index (χ2n) is 3.70. The molecule has 1 aromatic heterocycles. The Labute approximate surface area is 124 Å². The number of hydrogen-bond acceptors (Lipinski definition) is 3. The Morgan fingerprint density at radius 1 is 1.33 bits per heavy atom. The number of aromatic nitrogens is 1. The van der Waals surface area contributed by atoms with Gasteiger partial charge in [-0.05, 0) is 58.7 Å². The van der Waals surface area contributed by atoms with E-state index < -0.39 is 0 Å². The lowest BCUT2D eigenvalue weighted by Crippen LogP contribution is -2.02. The summed E-state index contributed by atoms with van der Waals surface area (Å²) in [5.41, 5.74) is 6.77. The third-order valence-corrected chi connectivity index (χ3v) is 4.79. The minimum atomic E-state index is 0.658. The van der Waals surface area contributed by atoms with Gasteiger partial charge in [-0.25, -0.2) is 4.98 Å². The summed E-state index contributed by atoms with van der Waals surface area (Å²) in [6, 6.07) is 9.90. The van der Waals surface area contributed by atoms with Gasteiger partial charge in [0.15, 0.2) is 0 Å². The highest BCUT2D eigenvalue weighted by molar-refractivity contribution is 9.10. The highest BCUT2D eigenvalue weighted by Crippen LogP contribution is 2.36. The van der Waals surface area contributed by atoms with Gasteiger partial charge in [-0.2, -0.15) is 0 Å². The fourth-order valence-corrected chi connectivity index (χ4v) is 3.19. The van der Waals surface area contributed by atoms with Crippen molar-refractivity contribution in [3.63, 3.8) is 0 Å². The molecule has 5 heteroatoms. The zero-order valence-corrected chi connectivity index (χ0v) is 12.7. The summed E-state index contributed by atoms with van der Waals surface area (Å²) in [5.74, 6) is 0. The molecule has 0 aliphatic heterocycles. The standard InChI is InChI=1S/C13H12BrClN2S/c14-10-8-9(5-6-16)3-4-12(10)18-13-11(15)2-1-7-17-13/h1-4,7-8H,5-6,16H2. The van der Waals surface area contributed by atoms with Gasteiger partial charge in [0.05, 0.1) is 5.02 Å². The second-order valence-corrected chi connectivity index (χ2v) is 5.99. The highest BCUT2D eigenvalue weighted by Gasteiger charge is 2.07. The van der Waals surface area contributed by atoms with E-state index in [1.54, 1.807) is 18.0 Å². The van der Waals surface area contributed by atoms with E-state index in [-0.39, 0.29) is 0 Å². The Balaban J connectivity index is 2.22. The highest BCUT2D eigenvalue weighted by atomic mass is 79.9. The normalized spacial score (nSPS) is 10.6. The van der Waals surface area contributed by atoms with Crippen molar-refractivity contribution in [2.24, 2.45) is 5.73 Å². The molecule has 0 aliphatic rings. The monoisotopic (exact) mass is 342 g/mol. The molecule has 2 aromatic rings. The Morgan fingerprint density at radius 3 is 2.83 bits per heavy atom. The molecular formula is C13H12BrClN2S. The molecule has 0 atom stereocenters. The van der Waals surface area contributed by atoms with Crippen molar-refractivity contribution in [2.45, 2.75) is 16.3 Å². The molecule has 94 valence electrons. The van der Waals surface area contributed by atoms with Crippen molar-refractivity contribution < 1.29 is 0 Å². The van der Waals surface area contributed by atoms with Gasteiger partial charge in [-0.1, -0.05) is 29.4 Å². The number of nitrogens with two attached hydrogens (primary N) is 1. The summed E-state index contributed by atoms with van der Waals surface area (Å²) in [6.45, 7) is 0.658. The molecule has 0 spiro atoms. The van der Waals surface area contributed by atoms with Crippen LogP contribution in [-0.4, -0.2) is 11.5 Å². The summed E-state index contributed by atoms with van der Waals surface area (Å²) >= 11 is 11.2. The largest absolute Gasteiger partial charge is 0.330 e. The van der Waals surface area contributed by atoms with Crippen LogP contribution in [0.4, 0.5) is 0 Å². The Morgan fingerprint density at radius 2 is 2.17 bits per heavy atom. The van der Waals surface area contributed by atoms with Crippen molar-refractivity contribution in [1.82, 2.24) is 4.98 Å². The van der Waals surface area contributed by atoms with E-state index in [0.29, 0.717) is 11.6 Å². The van der Waals surface area contributed by atoms with Gasteiger partial charge >= 0.3 is 0 Å². The van der Waals surface area contributed by atoms with Crippen LogP contribution in [0.3, 0.4) is 0 Å². The van der Waals surface area contributed by atoms with E-state index in [0.717, 1.165) is 20.8 Å². The van der Waals surface area contributed by atoms with Gasteiger partial charge in [0.25, 0.3) is 0 Å². The molecule has 0 unspecified atom stereocenters. The lowest BCUT2D eigenvalue weighted by Gasteiger charge is -2.07. The van der Waals surface area contributed by atoms with Crippen molar-refractivity contribution in [2.75, 3.05) is 6.54 Å². The molecule has 2 nitrogen and oxygen atoms in total. The number of pyridine rings is 1. The van der Waals surface area contributed by atoms with Crippen LogP contribution < -0.4 is 5.73 Å². The molecule has 0 radical (unpaired) electrons. The van der Waals surface area contributed by atoms with E-state index in [1.807, 2.05) is 12.1 Å². The lowest BCUT2D eigenvalue weighted by molar-refractivity contribution is 0.964. The van der Waals surface area contributed by atoms with Gasteiger partial charge in [-0.3, -0.25) is 0 Å². The molecule has 0 saturated carbocycles. The molecule has 0 fully saturated rings. The lowest BCUT2D eigenvalue weighted by atomic mass is 10.2. The molecule has 18 heavy (non-hydrogen) atoms. The third-order valence-electron chi connectivity index (χ3n) is 2.36. The zero-order chi connectivity index (χ0) is 13.0. The summed E-state index contributed by atoms with van der Waals surface area (Å²) in [5, 5.41) is 1.48. The summed E-state index contributed by atoms with van der Waals surface area (Å²) in [4.78, 5) is 5.36. The molecule has 0 bridgehead atoms. The van der Waals surface area contributed by atoms with Crippen molar-refractivity contribution >= 4 is 39.3 Å². The molecule has 0 amide bonds.